The van der Waals surface area contributed by atoms with Gasteiger partial charge in [-0.15, -0.1) is 24.5 Å². The summed E-state index contributed by atoms with van der Waals surface area (Å²) < 4.78 is 40.4. The van der Waals surface area contributed by atoms with Crippen LogP contribution in [0.5, 0.6) is 0 Å². The Bertz CT molecular complexity index is 187. The zero-order valence-corrected chi connectivity index (χ0v) is 10.6. The molecule has 0 aliphatic heterocycles. The highest BCUT2D eigenvalue weighted by atomic mass is 32.7. The van der Waals surface area contributed by atoms with Gasteiger partial charge in [0.2, 0.25) is 0 Å². The van der Waals surface area contributed by atoms with Crippen molar-refractivity contribution in [2.75, 3.05) is 12.7 Å². The second-order valence-electron chi connectivity index (χ2n) is 1.61. The summed E-state index contributed by atoms with van der Waals surface area (Å²) in [5.74, 6) is 0. The second-order valence-corrected chi connectivity index (χ2v) is 7.84. The minimum Gasteiger partial charge on any atom is -0.313 e. The van der Waals surface area contributed by atoms with Gasteiger partial charge in [0.15, 0.2) is 0 Å². The van der Waals surface area contributed by atoms with Crippen LogP contribution in [0, 0.1) is 0 Å². The van der Waals surface area contributed by atoms with Gasteiger partial charge in [-0.05, 0) is 0 Å². The molecule has 5 nitrogen and oxygen atoms in total. The summed E-state index contributed by atoms with van der Waals surface area (Å²) in [5, 5.41) is 0. The molecule has 0 aliphatic rings. The monoisotopic (exact) mass is 270 g/mol. The summed E-state index contributed by atoms with van der Waals surface area (Å²) in [6.07, 6.45) is -0.391. The van der Waals surface area contributed by atoms with Crippen molar-refractivity contribution in [3.8, 4) is 0 Å². The topological polar surface area (TPSA) is 69.7 Å². The third-order valence-electron chi connectivity index (χ3n) is 0.627. The molecule has 0 aromatic carbocycles. The summed E-state index contributed by atoms with van der Waals surface area (Å²) in [6.45, 7) is 0. The van der Waals surface area contributed by atoms with Crippen molar-refractivity contribution in [2.45, 2.75) is 0 Å². The lowest BCUT2D eigenvalue weighted by atomic mass is 11.7. The average molecular weight is 270 g/mol. The van der Waals surface area contributed by atoms with Crippen LogP contribution >= 0.6 is 46.8 Å². The van der Waals surface area contributed by atoms with Crippen LogP contribution in [0.15, 0.2) is 0 Å². The van der Waals surface area contributed by atoms with Crippen LogP contribution in [0.1, 0.15) is 0 Å². The molecule has 0 bridgehead atoms. The van der Waals surface area contributed by atoms with E-state index < -0.39 is 22.3 Å². The molecule has 0 aromatic rings. The normalized spacial score (nSPS) is 18.5. The van der Waals surface area contributed by atoms with E-state index in [1.54, 1.807) is 0 Å². The van der Waals surface area contributed by atoms with Crippen molar-refractivity contribution in [1.29, 1.82) is 0 Å². The van der Waals surface area contributed by atoms with Gasteiger partial charge < -0.3 is 18.2 Å². The van der Waals surface area contributed by atoms with Crippen LogP contribution in [0.25, 0.3) is 0 Å². The molecule has 74 valence electrons. The first-order valence-electron chi connectivity index (χ1n) is 2.75. The van der Waals surface area contributed by atoms with Crippen LogP contribution in [-0.2, 0) is 22.7 Å². The Hall–Kier alpha value is 1.31. The van der Waals surface area contributed by atoms with Gasteiger partial charge in [0, 0.05) is 0 Å². The van der Waals surface area contributed by atoms with Crippen molar-refractivity contribution < 1.29 is 22.7 Å². The lowest BCUT2D eigenvalue weighted by Gasteiger charge is -2.01. The highest BCUT2D eigenvalue weighted by Crippen LogP contribution is 2.36. The summed E-state index contributed by atoms with van der Waals surface area (Å²) >= 11 is 7.11. The van der Waals surface area contributed by atoms with E-state index in [0.29, 0.717) is 0 Å². The number of thiol groups is 2. The summed E-state index contributed by atoms with van der Waals surface area (Å²) in [7, 11) is -6.85. The highest BCUT2D eigenvalue weighted by molar-refractivity contribution is 8.40. The molecule has 0 heterocycles. The molecule has 2 unspecified atom stereocenters. The van der Waals surface area contributed by atoms with Crippen molar-refractivity contribution in [1.82, 2.24) is 0 Å². The molecule has 2 atom stereocenters. The maximum absolute atomic E-state index is 10.7. The zero-order chi connectivity index (χ0) is 9.56. The molecule has 0 rings (SSSR count). The Kier molecular flexibility index (Phi) is 8.53. The molecule has 0 N–H and O–H groups in total. The van der Waals surface area contributed by atoms with Gasteiger partial charge >= 0.3 is 8.25 Å². The van der Waals surface area contributed by atoms with Gasteiger partial charge in [0.25, 0.3) is 0 Å². The molecule has 12 heavy (non-hydrogen) atoms. The first kappa shape index (κ1) is 13.3. The standard InChI is InChI=1S/C2H9O5P3S2/c3-8(11)1-6-10(5)7-2-9(4)12/h8-10H,1-2H2,(H,3,11)(H,4,12). The molecular formula is C2H9O5P3S2. The molecule has 0 fully saturated rings. The molecule has 0 saturated carbocycles. The van der Waals surface area contributed by atoms with Gasteiger partial charge in [-0.3, -0.25) is 4.57 Å². The van der Waals surface area contributed by atoms with E-state index >= 15 is 0 Å². The Labute approximate surface area is 82.4 Å². The first-order valence-corrected chi connectivity index (χ1v) is 9.79. The molecular weight excluding hydrogens is 261 g/mol. The third kappa shape index (κ3) is 9.40. The lowest BCUT2D eigenvalue weighted by Crippen LogP contribution is -1.81. The zero-order valence-electron chi connectivity index (χ0n) is 5.85. The molecule has 0 aliphatic carbocycles. The van der Waals surface area contributed by atoms with Crippen molar-refractivity contribution in [3.63, 3.8) is 0 Å². The van der Waals surface area contributed by atoms with Crippen LogP contribution in [-0.4, -0.2) is 12.7 Å². The van der Waals surface area contributed by atoms with E-state index in [1.165, 1.54) is 0 Å². The maximum Gasteiger partial charge on any atom is 0.320 e. The fourth-order valence-electron chi connectivity index (χ4n) is 0.283. The molecule has 10 heteroatoms. The molecule has 0 saturated heterocycles. The van der Waals surface area contributed by atoms with Crippen molar-refractivity contribution >= 4 is 46.8 Å². The highest BCUT2D eigenvalue weighted by Gasteiger charge is 2.02. The van der Waals surface area contributed by atoms with Gasteiger partial charge in [-0.1, -0.05) is 0 Å². The van der Waals surface area contributed by atoms with Gasteiger partial charge in [0.05, 0.1) is 0 Å². The van der Waals surface area contributed by atoms with E-state index in [2.05, 4.69) is 33.5 Å². The smallest absolute Gasteiger partial charge is 0.313 e. The van der Waals surface area contributed by atoms with Crippen LogP contribution in [0.3, 0.4) is 0 Å². The quantitative estimate of drug-likeness (QED) is 0.571. The van der Waals surface area contributed by atoms with E-state index in [0.717, 1.165) is 0 Å². The van der Waals surface area contributed by atoms with Crippen molar-refractivity contribution in [2.24, 2.45) is 0 Å². The summed E-state index contributed by atoms with van der Waals surface area (Å²) in [5.41, 5.74) is 0. The van der Waals surface area contributed by atoms with Crippen LogP contribution < -0.4 is 0 Å². The van der Waals surface area contributed by atoms with Crippen molar-refractivity contribution in [3.05, 3.63) is 0 Å². The number of hydrogen-bond donors (Lipinski definition) is 2. The van der Waals surface area contributed by atoms with Gasteiger partial charge in [-0.2, -0.15) is 0 Å². The molecule has 0 spiro atoms. The Balaban J connectivity index is 3.47. The molecule has 0 amide bonds. The van der Waals surface area contributed by atoms with E-state index in [-0.39, 0.29) is 12.7 Å². The Morgan fingerprint density at radius 3 is 1.50 bits per heavy atom. The molecule has 0 radical (unpaired) electrons. The average Bonchev–Trinajstić information content (AvgIpc) is 1.96. The van der Waals surface area contributed by atoms with E-state index in [1.807, 2.05) is 0 Å². The van der Waals surface area contributed by atoms with E-state index in [9.17, 15) is 13.7 Å². The first-order chi connectivity index (χ1) is 5.52. The number of rotatable bonds is 6. The fraction of sp³-hybridized carbons (Fsp3) is 1.00. The van der Waals surface area contributed by atoms with Gasteiger partial charge in [-0.25, -0.2) is 0 Å². The largest absolute Gasteiger partial charge is 0.320 e. The minimum absolute atomic E-state index is 0.195. The minimum atomic E-state index is -2.68. The SMILES string of the molecule is O=[PH](S)CO[PH](=O)OC[PH](=O)S. The Morgan fingerprint density at radius 2 is 1.25 bits per heavy atom. The second kappa shape index (κ2) is 7.69. The number of hydrogen-bond acceptors (Lipinski definition) is 5. The Morgan fingerprint density at radius 1 is 0.917 bits per heavy atom. The van der Waals surface area contributed by atoms with Crippen LogP contribution in [0.2, 0.25) is 0 Å². The summed E-state index contributed by atoms with van der Waals surface area (Å²) in [6, 6.07) is 0. The summed E-state index contributed by atoms with van der Waals surface area (Å²) in [4.78, 5) is 0. The fourth-order valence-corrected chi connectivity index (χ4v) is 3.46. The predicted molar refractivity (Wildman–Crippen MR) is 56.9 cm³/mol. The van der Waals surface area contributed by atoms with E-state index in [4.69, 9.17) is 0 Å². The lowest BCUT2D eigenvalue weighted by molar-refractivity contribution is 0.279. The molecule has 0 aromatic heterocycles. The van der Waals surface area contributed by atoms with Gasteiger partial charge in [0.1, 0.15) is 26.7 Å². The predicted octanol–water partition coefficient (Wildman–Crippen LogP) is 2.13. The third-order valence-corrected chi connectivity index (χ3v) is 3.52. The maximum atomic E-state index is 10.7. The van der Waals surface area contributed by atoms with Crippen LogP contribution in [0.4, 0.5) is 0 Å².